The van der Waals surface area contributed by atoms with Crippen LogP contribution >= 0.6 is 11.6 Å². The van der Waals surface area contributed by atoms with Crippen LogP contribution < -0.4 is 20.9 Å². The molecule has 0 bridgehead atoms. The zero-order chi connectivity index (χ0) is 24.4. The van der Waals surface area contributed by atoms with Crippen LogP contribution in [0.3, 0.4) is 0 Å². The lowest BCUT2D eigenvalue weighted by Crippen LogP contribution is -2.44. The molecule has 4 N–H and O–H groups in total. The number of hydrogen-bond acceptors (Lipinski definition) is 8. The number of nitrogens with zero attached hydrogens (tertiary/aromatic N) is 5. The van der Waals surface area contributed by atoms with Crippen molar-refractivity contribution in [3.05, 3.63) is 52.4 Å². The number of aromatic amines is 1. The van der Waals surface area contributed by atoms with Crippen LogP contribution in [-0.4, -0.2) is 76.3 Å². The van der Waals surface area contributed by atoms with E-state index in [0.717, 1.165) is 37.7 Å². The maximum atomic E-state index is 14.4. The number of rotatable bonds is 6. The predicted molar refractivity (Wildman–Crippen MR) is 133 cm³/mol. The number of likely N-dealkylation sites (tertiary alicyclic amines) is 1. The molecule has 10 nitrogen and oxygen atoms in total. The average Bonchev–Trinajstić information content (AvgIpc) is 3.49. The van der Waals surface area contributed by atoms with Crippen LogP contribution in [0.1, 0.15) is 22.5 Å². The first kappa shape index (κ1) is 23.3. The largest absolute Gasteiger partial charge is 0.354 e. The van der Waals surface area contributed by atoms with Gasteiger partial charge in [-0.2, -0.15) is 15.1 Å². The quantitative estimate of drug-likeness (QED) is 0.409. The van der Waals surface area contributed by atoms with Crippen LogP contribution in [-0.2, 0) is 0 Å². The predicted octanol–water partition coefficient (Wildman–Crippen LogP) is 2.78. The van der Waals surface area contributed by atoms with Gasteiger partial charge in [-0.25, -0.2) is 4.39 Å². The fourth-order valence-electron chi connectivity index (χ4n) is 4.32. The van der Waals surface area contributed by atoms with Gasteiger partial charge >= 0.3 is 0 Å². The molecular weight excluding hydrogens is 473 g/mol. The number of amides is 1. The highest BCUT2D eigenvalue weighted by molar-refractivity contribution is 6.31. The molecule has 1 atom stereocenters. The average molecular weight is 500 g/mol. The second kappa shape index (κ2) is 10.0. The molecule has 0 unspecified atom stereocenters. The Morgan fingerprint density at radius 1 is 1.17 bits per heavy atom. The number of carbonyl (C=O) groups is 1. The highest BCUT2D eigenvalue weighted by Crippen LogP contribution is 2.25. The minimum Gasteiger partial charge on any atom is -0.354 e. The zero-order valence-electron chi connectivity index (χ0n) is 19.3. The number of hydrogen-bond donors (Lipinski definition) is 4. The summed E-state index contributed by atoms with van der Waals surface area (Å²) in [6.07, 6.45) is 0.691. The van der Waals surface area contributed by atoms with E-state index in [1.807, 2.05) is 19.1 Å². The molecule has 2 aliphatic heterocycles. The molecule has 12 heteroatoms. The van der Waals surface area contributed by atoms with Gasteiger partial charge in [-0.3, -0.25) is 9.89 Å². The van der Waals surface area contributed by atoms with Gasteiger partial charge in [0.2, 0.25) is 5.95 Å². The molecular formula is C23H27ClFN9O. The highest BCUT2D eigenvalue weighted by atomic mass is 35.5. The summed E-state index contributed by atoms with van der Waals surface area (Å²) in [5.41, 5.74) is 0.921. The van der Waals surface area contributed by atoms with E-state index in [-0.39, 0.29) is 22.5 Å². The van der Waals surface area contributed by atoms with Gasteiger partial charge < -0.3 is 25.8 Å². The van der Waals surface area contributed by atoms with Crippen molar-refractivity contribution in [2.75, 3.05) is 54.8 Å². The first-order chi connectivity index (χ1) is 17.0. The third-order valence-electron chi connectivity index (χ3n) is 6.11. The summed E-state index contributed by atoms with van der Waals surface area (Å²) >= 11 is 5.86. The molecule has 2 saturated heterocycles. The van der Waals surface area contributed by atoms with Crippen LogP contribution in [0.25, 0.3) is 0 Å². The summed E-state index contributed by atoms with van der Waals surface area (Å²) in [4.78, 5) is 26.1. The van der Waals surface area contributed by atoms with Crippen molar-refractivity contribution >= 4 is 40.9 Å². The third kappa shape index (κ3) is 5.30. The maximum absolute atomic E-state index is 14.4. The number of piperazine rings is 1. The van der Waals surface area contributed by atoms with Crippen LogP contribution in [0.5, 0.6) is 0 Å². The van der Waals surface area contributed by atoms with E-state index < -0.39 is 5.82 Å². The fraction of sp³-hybridized carbons (Fsp3) is 0.391. The first-order valence-corrected chi connectivity index (χ1v) is 12.0. The summed E-state index contributed by atoms with van der Waals surface area (Å²) in [7, 11) is 0. The zero-order valence-corrected chi connectivity index (χ0v) is 20.1. The van der Waals surface area contributed by atoms with Gasteiger partial charge in [-0.1, -0.05) is 17.7 Å². The van der Waals surface area contributed by atoms with E-state index in [4.69, 9.17) is 16.6 Å². The van der Waals surface area contributed by atoms with Crippen LogP contribution in [0, 0.1) is 12.7 Å². The minimum atomic E-state index is -0.688. The Hall–Kier alpha value is -3.44. The molecule has 2 aromatic heterocycles. The number of aromatic nitrogens is 4. The van der Waals surface area contributed by atoms with Crippen molar-refractivity contribution in [2.45, 2.75) is 19.4 Å². The van der Waals surface area contributed by atoms with E-state index >= 15 is 0 Å². The molecule has 2 fully saturated rings. The molecule has 0 radical (unpaired) electrons. The molecule has 1 aromatic carbocycles. The normalized spacial score (nSPS) is 18.1. The van der Waals surface area contributed by atoms with Crippen LogP contribution in [0.4, 0.5) is 27.8 Å². The number of anilines is 4. The SMILES string of the molecule is Cc1cc(Nc2cc(N3CCNCC3)nc(N[C@H]3CCN(C(=O)c4cccc(Cl)c4F)C3)n2)n[nH]1. The minimum absolute atomic E-state index is 0.0177. The molecule has 1 amide bonds. The summed E-state index contributed by atoms with van der Waals surface area (Å²) < 4.78 is 14.4. The lowest BCUT2D eigenvalue weighted by Gasteiger charge is -2.29. The van der Waals surface area contributed by atoms with Gasteiger partial charge in [0.25, 0.3) is 5.91 Å². The number of H-pyrrole nitrogens is 1. The van der Waals surface area contributed by atoms with E-state index in [1.165, 1.54) is 12.1 Å². The second-order valence-corrected chi connectivity index (χ2v) is 9.12. The Kier molecular flexibility index (Phi) is 6.69. The number of halogens is 2. The van der Waals surface area contributed by atoms with Gasteiger partial charge in [0.05, 0.1) is 10.6 Å². The van der Waals surface area contributed by atoms with Gasteiger partial charge in [-0.15, -0.1) is 0 Å². The summed E-state index contributed by atoms with van der Waals surface area (Å²) in [6, 6.07) is 8.21. The van der Waals surface area contributed by atoms with Crippen molar-refractivity contribution in [1.82, 2.24) is 30.4 Å². The molecule has 2 aliphatic rings. The van der Waals surface area contributed by atoms with E-state index in [9.17, 15) is 9.18 Å². The highest BCUT2D eigenvalue weighted by Gasteiger charge is 2.29. The lowest BCUT2D eigenvalue weighted by molar-refractivity contribution is 0.0787. The van der Waals surface area contributed by atoms with E-state index in [2.05, 4.69) is 36.0 Å². The van der Waals surface area contributed by atoms with Gasteiger partial charge in [0, 0.05) is 63.1 Å². The fourth-order valence-corrected chi connectivity index (χ4v) is 4.49. The molecule has 0 aliphatic carbocycles. The van der Waals surface area contributed by atoms with Crippen molar-refractivity contribution in [3.8, 4) is 0 Å². The third-order valence-corrected chi connectivity index (χ3v) is 6.40. The number of aryl methyl sites for hydroxylation is 1. The smallest absolute Gasteiger partial charge is 0.256 e. The lowest BCUT2D eigenvalue weighted by atomic mass is 10.2. The van der Waals surface area contributed by atoms with Crippen molar-refractivity contribution in [1.29, 1.82) is 0 Å². The van der Waals surface area contributed by atoms with Gasteiger partial charge in [0.1, 0.15) is 11.6 Å². The molecule has 35 heavy (non-hydrogen) atoms. The molecule has 4 heterocycles. The second-order valence-electron chi connectivity index (χ2n) is 8.72. The van der Waals surface area contributed by atoms with Crippen molar-refractivity contribution in [3.63, 3.8) is 0 Å². The Labute approximate surface area is 207 Å². The first-order valence-electron chi connectivity index (χ1n) is 11.6. The Morgan fingerprint density at radius 2 is 2.00 bits per heavy atom. The number of nitrogens with one attached hydrogen (secondary N) is 4. The Morgan fingerprint density at radius 3 is 2.77 bits per heavy atom. The molecule has 0 saturated carbocycles. The maximum Gasteiger partial charge on any atom is 0.256 e. The van der Waals surface area contributed by atoms with Crippen LogP contribution in [0.15, 0.2) is 30.3 Å². The monoisotopic (exact) mass is 499 g/mol. The van der Waals surface area contributed by atoms with Crippen LogP contribution in [0.2, 0.25) is 5.02 Å². The van der Waals surface area contributed by atoms with E-state index in [1.54, 1.807) is 11.0 Å². The molecule has 184 valence electrons. The van der Waals surface area contributed by atoms with Crippen molar-refractivity contribution in [2.24, 2.45) is 0 Å². The summed E-state index contributed by atoms with van der Waals surface area (Å²) in [6.45, 7) is 6.29. The Bertz CT molecular complexity index is 1210. The standard InChI is InChI=1S/C23H27ClFN9O/c1-14-11-19(32-31-14)28-18-12-20(33-9-6-26-7-10-33)30-23(29-18)27-15-5-8-34(13-15)22(35)16-3-2-4-17(24)21(16)25/h2-4,11-12,15,26H,5-10,13H2,1H3,(H3,27,28,29,30,31,32)/t15-/m0/s1. The number of carbonyl (C=O) groups excluding carboxylic acids is 1. The molecule has 5 rings (SSSR count). The number of benzene rings is 1. The molecule has 0 spiro atoms. The molecule has 3 aromatic rings. The Balaban J connectivity index is 1.32. The van der Waals surface area contributed by atoms with Gasteiger partial charge in [0.15, 0.2) is 11.6 Å². The summed E-state index contributed by atoms with van der Waals surface area (Å²) in [5, 5.41) is 17.0. The summed E-state index contributed by atoms with van der Waals surface area (Å²) in [5.74, 6) is 1.50. The van der Waals surface area contributed by atoms with Gasteiger partial charge in [-0.05, 0) is 25.5 Å². The van der Waals surface area contributed by atoms with Crippen molar-refractivity contribution < 1.29 is 9.18 Å². The van der Waals surface area contributed by atoms with E-state index in [0.29, 0.717) is 37.1 Å². The topological polar surface area (TPSA) is 114 Å².